The Morgan fingerprint density at radius 2 is 0.867 bits per heavy atom. The van der Waals surface area contributed by atoms with Gasteiger partial charge in [-0.3, -0.25) is 0 Å². The highest BCUT2D eigenvalue weighted by Gasteiger charge is 2.47. The average molecular weight is 401 g/mol. The molecule has 0 amide bonds. The van der Waals surface area contributed by atoms with Crippen LogP contribution in [0.2, 0.25) is 5.54 Å². The minimum atomic E-state index is -2.39. The normalized spacial score (nSPS) is 15.7. The topological polar surface area (TPSA) is 0 Å². The molecule has 0 saturated carbocycles. The van der Waals surface area contributed by atoms with Crippen LogP contribution in [-0.2, 0) is 0 Å². The summed E-state index contributed by atoms with van der Waals surface area (Å²) in [6.45, 7) is 0. The zero-order valence-corrected chi connectivity index (χ0v) is 17.9. The van der Waals surface area contributed by atoms with E-state index in [0.717, 1.165) is 0 Å². The van der Waals surface area contributed by atoms with Gasteiger partial charge in [0, 0.05) is 5.54 Å². The van der Waals surface area contributed by atoms with E-state index in [0.29, 0.717) is 5.54 Å². The standard InChI is InChI=1S/C29H24Si/c1-5-14-24(15-6-1)28-22-13-23-29(28)30(25-16-7-2-8-17-25,26-18-9-3-10-19-26)27-20-11-4-12-21-27/h1-23,29H. The predicted molar refractivity (Wildman–Crippen MR) is 131 cm³/mol. The number of benzene rings is 4. The van der Waals surface area contributed by atoms with E-state index in [2.05, 4.69) is 140 Å². The summed E-state index contributed by atoms with van der Waals surface area (Å²) in [6, 6.07) is 44.4. The van der Waals surface area contributed by atoms with Gasteiger partial charge >= 0.3 is 0 Å². The second kappa shape index (κ2) is 8.14. The van der Waals surface area contributed by atoms with E-state index in [9.17, 15) is 0 Å². The first kappa shape index (κ1) is 18.6. The monoisotopic (exact) mass is 400 g/mol. The molecular formula is C29H24Si. The van der Waals surface area contributed by atoms with E-state index in [1.807, 2.05) is 0 Å². The molecule has 1 aliphatic carbocycles. The lowest BCUT2D eigenvalue weighted by Crippen LogP contribution is -2.69. The molecular weight excluding hydrogens is 376 g/mol. The zero-order valence-electron chi connectivity index (χ0n) is 16.9. The molecule has 144 valence electrons. The van der Waals surface area contributed by atoms with Crippen molar-refractivity contribution in [3.05, 3.63) is 145 Å². The summed E-state index contributed by atoms with van der Waals surface area (Å²) in [5, 5.41) is 4.34. The highest BCUT2D eigenvalue weighted by Crippen LogP contribution is 2.40. The molecule has 1 unspecified atom stereocenters. The van der Waals surface area contributed by atoms with Crippen LogP contribution in [-0.4, -0.2) is 8.07 Å². The molecule has 1 atom stereocenters. The Kier molecular flexibility index (Phi) is 5.04. The number of rotatable bonds is 5. The summed E-state index contributed by atoms with van der Waals surface area (Å²) in [6.07, 6.45) is 7.00. The Bertz CT molecular complexity index is 1060. The third-order valence-electron chi connectivity index (χ3n) is 6.18. The quantitative estimate of drug-likeness (QED) is 0.320. The summed E-state index contributed by atoms with van der Waals surface area (Å²) in [4.78, 5) is 0. The average Bonchev–Trinajstić information content (AvgIpc) is 3.33. The fraction of sp³-hybridized carbons (Fsp3) is 0.0345. The van der Waals surface area contributed by atoms with Crippen LogP contribution < -0.4 is 15.6 Å². The van der Waals surface area contributed by atoms with Crippen LogP contribution in [0.25, 0.3) is 5.57 Å². The van der Waals surface area contributed by atoms with Gasteiger partial charge in [0.15, 0.2) is 8.07 Å². The van der Waals surface area contributed by atoms with Gasteiger partial charge in [0.1, 0.15) is 0 Å². The molecule has 0 radical (unpaired) electrons. The summed E-state index contributed by atoms with van der Waals surface area (Å²) < 4.78 is 0. The van der Waals surface area contributed by atoms with Crippen LogP contribution >= 0.6 is 0 Å². The second-order valence-electron chi connectivity index (χ2n) is 7.76. The molecule has 0 bridgehead atoms. The number of hydrogen-bond acceptors (Lipinski definition) is 0. The zero-order chi connectivity index (χ0) is 20.2. The highest BCUT2D eigenvalue weighted by molar-refractivity contribution is 7.13. The van der Waals surface area contributed by atoms with Crippen molar-refractivity contribution < 1.29 is 0 Å². The van der Waals surface area contributed by atoms with Crippen LogP contribution in [0.5, 0.6) is 0 Å². The van der Waals surface area contributed by atoms with Crippen LogP contribution in [0, 0.1) is 0 Å². The van der Waals surface area contributed by atoms with Crippen molar-refractivity contribution in [2.75, 3.05) is 0 Å². The molecule has 5 rings (SSSR count). The second-order valence-corrected chi connectivity index (χ2v) is 11.7. The maximum Gasteiger partial charge on any atom is 0.159 e. The summed E-state index contributed by atoms with van der Waals surface area (Å²) in [7, 11) is -2.39. The lowest BCUT2D eigenvalue weighted by molar-refractivity contribution is 1.34. The van der Waals surface area contributed by atoms with Gasteiger partial charge in [-0.15, -0.1) is 0 Å². The van der Waals surface area contributed by atoms with E-state index in [4.69, 9.17) is 0 Å². The van der Waals surface area contributed by atoms with Gasteiger partial charge in [0.25, 0.3) is 0 Å². The van der Waals surface area contributed by atoms with E-state index >= 15 is 0 Å². The molecule has 0 heterocycles. The maximum absolute atomic E-state index is 2.43. The summed E-state index contributed by atoms with van der Waals surface area (Å²) in [5.41, 5.74) is 3.05. The van der Waals surface area contributed by atoms with Crippen LogP contribution in [0.3, 0.4) is 0 Å². The Morgan fingerprint density at radius 3 is 1.30 bits per heavy atom. The first-order valence-electron chi connectivity index (χ1n) is 10.5. The summed E-state index contributed by atoms with van der Waals surface area (Å²) >= 11 is 0. The molecule has 0 nitrogen and oxygen atoms in total. The first-order valence-corrected chi connectivity index (χ1v) is 12.6. The molecule has 1 aliphatic rings. The van der Waals surface area contributed by atoms with E-state index < -0.39 is 8.07 Å². The largest absolute Gasteiger partial charge is 0.159 e. The van der Waals surface area contributed by atoms with Crippen molar-refractivity contribution in [1.82, 2.24) is 0 Å². The third kappa shape index (κ3) is 3.08. The molecule has 1 heteroatoms. The lowest BCUT2D eigenvalue weighted by atomic mass is 10.1. The fourth-order valence-electron chi connectivity index (χ4n) is 4.90. The molecule has 0 saturated heterocycles. The Hall–Kier alpha value is -3.42. The molecule has 0 fully saturated rings. The lowest BCUT2D eigenvalue weighted by Gasteiger charge is -2.39. The van der Waals surface area contributed by atoms with Crippen molar-refractivity contribution in [3.8, 4) is 0 Å². The van der Waals surface area contributed by atoms with E-state index in [1.165, 1.54) is 26.7 Å². The van der Waals surface area contributed by atoms with Crippen molar-refractivity contribution in [2.24, 2.45) is 0 Å². The predicted octanol–water partition coefficient (Wildman–Crippen LogP) is 5.18. The highest BCUT2D eigenvalue weighted by atomic mass is 28.3. The van der Waals surface area contributed by atoms with Crippen LogP contribution in [0.15, 0.2) is 140 Å². The molecule has 4 aromatic carbocycles. The molecule has 0 aromatic heterocycles. The molecule has 0 N–H and O–H groups in total. The third-order valence-corrected chi connectivity index (χ3v) is 11.3. The minimum Gasteiger partial charge on any atom is -0.0787 e. The molecule has 0 aliphatic heterocycles. The van der Waals surface area contributed by atoms with Crippen molar-refractivity contribution in [1.29, 1.82) is 0 Å². The molecule has 0 spiro atoms. The smallest absolute Gasteiger partial charge is 0.0787 e. The van der Waals surface area contributed by atoms with Crippen molar-refractivity contribution >= 4 is 29.2 Å². The minimum absolute atomic E-state index is 0.326. The van der Waals surface area contributed by atoms with Gasteiger partial charge in [-0.2, -0.15) is 0 Å². The van der Waals surface area contributed by atoms with Gasteiger partial charge < -0.3 is 0 Å². The summed E-state index contributed by atoms with van der Waals surface area (Å²) in [5.74, 6) is 0. The Labute approximate surface area is 179 Å². The van der Waals surface area contributed by atoms with Gasteiger partial charge in [0.05, 0.1) is 0 Å². The Balaban J connectivity index is 1.83. The number of allylic oxidation sites excluding steroid dienone is 4. The van der Waals surface area contributed by atoms with Gasteiger partial charge in [0.2, 0.25) is 0 Å². The molecule has 30 heavy (non-hydrogen) atoms. The molecule has 4 aromatic rings. The van der Waals surface area contributed by atoms with Gasteiger partial charge in [-0.05, 0) is 26.7 Å². The van der Waals surface area contributed by atoms with Crippen molar-refractivity contribution in [2.45, 2.75) is 5.54 Å². The first-order chi connectivity index (χ1) is 14.9. The van der Waals surface area contributed by atoms with Crippen LogP contribution in [0.4, 0.5) is 0 Å². The number of hydrogen-bond donors (Lipinski definition) is 0. The van der Waals surface area contributed by atoms with Crippen LogP contribution in [0.1, 0.15) is 5.56 Å². The Morgan fingerprint density at radius 1 is 0.467 bits per heavy atom. The van der Waals surface area contributed by atoms with Gasteiger partial charge in [-0.25, -0.2) is 0 Å². The maximum atomic E-state index is 2.43. The van der Waals surface area contributed by atoms with E-state index in [1.54, 1.807) is 0 Å². The fourth-order valence-corrected chi connectivity index (χ4v) is 10.3. The van der Waals surface area contributed by atoms with E-state index in [-0.39, 0.29) is 0 Å². The SMILES string of the molecule is C1=CC([Si](c2ccccc2)(c2ccccc2)c2ccccc2)C(c2ccccc2)=C1. The van der Waals surface area contributed by atoms with Crippen molar-refractivity contribution in [3.63, 3.8) is 0 Å². The van der Waals surface area contributed by atoms with Gasteiger partial charge in [-0.1, -0.05) is 140 Å².